The second-order valence-electron chi connectivity index (χ2n) is 3.67. The molecule has 1 aliphatic heterocycles. The Kier molecular flexibility index (Phi) is 3.18. The van der Waals surface area contributed by atoms with Crippen LogP contribution in [-0.4, -0.2) is 35.7 Å². The van der Waals surface area contributed by atoms with Crippen LogP contribution >= 0.6 is 0 Å². The van der Waals surface area contributed by atoms with Gasteiger partial charge in [0, 0.05) is 6.42 Å². The van der Waals surface area contributed by atoms with E-state index in [-0.39, 0.29) is 18.9 Å². The number of Topliss-reactive ketones (excluding diaryl/α,β-unsaturated/α-hetero) is 1. The van der Waals surface area contributed by atoms with Crippen LogP contribution < -0.4 is 0 Å². The third kappa shape index (κ3) is 2.50. The minimum Gasteiger partial charge on any atom is -0.465 e. The van der Waals surface area contributed by atoms with Gasteiger partial charge in [0.05, 0.1) is 5.56 Å². The van der Waals surface area contributed by atoms with Crippen molar-refractivity contribution in [2.45, 2.75) is 6.42 Å². The van der Waals surface area contributed by atoms with E-state index in [0.29, 0.717) is 6.42 Å². The number of rotatable bonds is 3. The molecule has 0 N–H and O–H groups in total. The first-order chi connectivity index (χ1) is 8.20. The zero-order chi connectivity index (χ0) is 12.3. The number of carbonyl (C=O) groups is 2. The monoisotopic (exact) mass is 234 g/mol. The number of esters is 1. The molecular formula is C12H12NO4+. The van der Waals surface area contributed by atoms with E-state index < -0.39 is 5.97 Å². The molecule has 0 saturated heterocycles. The highest BCUT2D eigenvalue weighted by Crippen LogP contribution is 2.24. The fourth-order valence-electron chi connectivity index (χ4n) is 1.67. The second kappa shape index (κ2) is 4.78. The van der Waals surface area contributed by atoms with Gasteiger partial charge in [0.25, 0.3) is 6.21 Å². The molecule has 0 unspecified atom stereocenters. The summed E-state index contributed by atoms with van der Waals surface area (Å²) in [7, 11) is 0. The van der Waals surface area contributed by atoms with Crippen molar-refractivity contribution < 1.29 is 23.3 Å². The first-order valence-corrected chi connectivity index (χ1v) is 5.16. The molecule has 0 amide bonds. The van der Waals surface area contributed by atoms with Crippen molar-refractivity contribution in [2.24, 2.45) is 0 Å². The van der Waals surface area contributed by atoms with Gasteiger partial charge in [-0.15, -0.1) is 0 Å². The number of hydrogen-bond donors (Lipinski definition) is 0. The van der Waals surface area contributed by atoms with E-state index in [0.717, 1.165) is 11.3 Å². The summed E-state index contributed by atoms with van der Waals surface area (Å²) in [5.74, 6) is -0.474. The molecule has 0 spiro atoms. The molecule has 1 aromatic heterocycles. The number of furan rings is 1. The Bertz CT molecular complexity index is 498. The number of carbonyl (C=O) groups excluding carboxylic acids is 2. The van der Waals surface area contributed by atoms with Crippen LogP contribution in [0.4, 0.5) is 5.69 Å². The Morgan fingerprint density at radius 3 is 3.18 bits per heavy atom. The van der Waals surface area contributed by atoms with E-state index in [2.05, 4.69) is 6.58 Å². The maximum atomic E-state index is 11.5. The highest BCUT2D eigenvalue weighted by atomic mass is 16.5. The number of fused-ring (bicyclic) bond motifs is 1. The summed E-state index contributed by atoms with van der Waals surface area (Å²) in [6.45, 7) is 3.76. The maximum Gasteiger partial charge on any atom is 0.396 e. The lowest BCUT2D eigenvalue weighted by Gasteiger charge is -2.07. The van der Waals surface area contributed by atoms with E-state index in [9.17, 15) is 9.59 Å². The van der Waals surface area contributed by atoms with Crippen molar-refractivity contribution in [3.8, 4) is 0 Å². The van der Waals surface area contributed by atoms with Crippen LogP contribution in [0.1, 0.15) is 5.56 Å². The molecule has 1 aromatic rings. The highest BCUT2D eigenvalue weighted by Gasteiger charge is 2.29. The molecule has 2 heterocycles. The van der Waals surface area contributed by atoms with Gasteiger partial charge in [-0.1, -0.05) is 12.7 Å². The highest BCUT2D eigenvalue weighted by molar-refractivity contribution is 6.21. The Morgan fingerprint density at radius 1 is 1.59 bits per heavy atom. The molecular weight excluding hydrogens is 222 g/mol. The average molecular weight is 234 g/mol. The average Bonchev–Trinajstić information content (AvgIpc) is 2.74. The maximum absolute atomic E-state index is 11.5. The van der Waals surface area contributed by atoms with Gasteiger partial charge in [-0.25, -0.2) is 4.79 Å². The van der Waals surface area contributed by atoms with Gasteiger partial charge in [0.1, 0.15) is 12.9 Å². The summed E-state index contributed by atoms with van der Waals surface area (Å²) >= 11 is 0. The molecule has 1 aliphatic rings. The number of ketones is 1. The van der Waals surface area contributed by atoms with Crippen LogP contribution in [0.2, 0.25) is 0 Å². The van der Waals surface area contributed by atoms with E-state index >= 15 is 0 Å². The Morgan fingerprint density at radius 2 is 2.41 bits per heavy atom. The lowest BCUT2D eigenvalue weighted by Crippen LogP contribution is -2.27. The predicted octanol–water partition coefficient (Wildman–Crippen LogP) is 0.849. The standard InChI is InChI=1S/C12H12NO4/c1-2-3-17-12(15)6-13-5-10(14)4-9-7-16-8-11(9)13/h2,6-8H,1,3-5H2/q+1. The predicted molar refractivity (Wildman–Crippen MR) is 59.4 cm³/mol. The molecule has 88 valence electrons. The van der Waals surface area contributed by atoms with Crippen molar-refractivity contribution in [2.75, 3.05) is 13.2 Å². The summed E-state index contributed by atoms with van der Waals surface area (Å²) in [5, 5.41) is 0. The largest absolute Gasteiger partial charge is 0.465 e. The zero-order valence-corrected chi connectivity index (χ0v) is 9.22. The quantitative estimate of drug-likeness (QED) is 0.442. The summed E-state index contributed by atoms with van der Waals surface area (Å²) in [6.07, 6.45) is 6.12. The van der Waals surface area contributed by atoms with E-state index in [1.165, 1.54) is 29.4 Å². The van der Waals surface area contributed by atoms with E-state index in [1.807, 2.05) is 0 Å². The van der Waals surface area contributed by atoms with Crippen LogP contribution in [0.25, 0.3) is 0 Å². The third-order valence-electron chi connectivity index (χ3n) is 2.37. The number of ether oxygens (including phenoxy) is 1. The minimum atomic E-state index is -0.508. The summed E-state index contributed by atoms with van der Waals surface area (Å²) in [4.78, 5) is 22.9. The van der Waals surface area contributed by atoms with Crippen LogP contribution in [0, 0.1) is 0 Å². The normalized spacial score (nSPS) is 16.7. The fourth-order valence-corrected chi connectivity index (χ4v) is 1.67. The van der Waals surface area contributed by atoms with Crippen LogP contribution in [0.3, 0.4) is 0 Å². The van der Waals surface area contributed by atoms with Gasteiger partial charge in [-0.05, 0) is 0 Å². The van der Waals surface area contributed by atoms with Crippen LogP contribution in [-0.2, 0) is 20.7 Å². The fraction of sp³-hybridized carbons (Fsp3) is 0.250. The first kappa shape index (κ1) is 11.3. The molecule has 0 radical (unpaired) electrons. The topological polar surface area (TPSA) is 59.5 Å². The summed E-state index contributed by atoms with van der Waals surface area (Å²) in [6, 6.07) is 0. The summed E-state index contributed by atoms with van der Waals surface area (Å²) < 4.78 is 11.4. The summed E-state index contributed by atoms with van der Waals surface area (Å²) in [5.41, 5.74) is 1.52. The molecule has 0 saturated carbocycles. The van der Waals surface area contributed by atoms with Crippen molar-refractivity contribution in [1.29, 1.82) is 0 Å². The van der Waals surface area contributed by atoms with Gasteiger partial charge >= 0.3 is 5.97 Å². The van der Waals surface area contributed by atoms with Crippen molar-refractivity contribution >= 4 is 23.7 Å². The molecule has 0 bridgehead atoms. The Balaban J connectivity index is 2.22. The smallest absolute Gasteiger partial charge is 0.396 e. The molecule has 0 aromatic carbocycles. The van der Waals surface area contributed by atoms with Gasteiger partial charge in [-0.3, -0.25) is 4.79 Å². The molecule has 0 atom stereocenters. The minimum absolute atomic E-state index is 0.0340. The SMILES string of the molecule is C=CCOC(=O)C=[N+]1CC(=O)Cc2cocc21. The zero-order valence-electron chi connectivity index (χ0n) is 9.22. The van der Waals surface area contributed by atoms with E-state index in [4.69, 9.17) is 9.15 Å². The number of hydrogen-bond acceptors (Lipinski definition) is 4. The van der Waals surface area contributed by atoms with Gasteiger partial charge in [-0.2, -0.15) is 4.58 Å². The Labute approximate surface area is 98.0 Å². The first-order valence-electron chi connectivity index (χ1n) is 5.16. The number of nitrogens with zero attached hydrogens (tertiary/aromatic N) is 1. The molecule has 0 fully saturated rings. The third-order valence-corrected chi connectivity index (χ3v) is 2.37. The van der Waals surface area contributed by atoms with Crippen molar-refractivity contribution in [3.63, 3.8) is 0 Å². The van der Waals surface area contributed by atoms with Crippen molar-refractivity contribution in [3.05, 3.63) is 30.7 Å². The second-order valence-corrected chi connectivity index (χ2v) is 3.67. The van der Waals surface area contributed by atoms with Crippen LogP contribution in [0.5, 0.6) is 0 Å². The van der Waals surface area contributed by atoms with Crippen molar-refractivity contribution in [1.82, 2.24) is 0 Å². The van der Waals surface area contributed by atoms with Gasteiger partial charge in [0.2, 0.25) is 18.0 Å². The Hall–Kier alpha value is -2.17. The molecule has 5 nitrogen and oxygen atoms in total. The lowest BCUT2D eigenvalue weighted by molar-refractivity contribution is -0.426. The van der Waals surface area contributed by atoms with Gasteiger partial charge < -0.3 is 9.15 Å². The molecule has 5 heteroatoms. The van der Waals surface area contributed by atoms with E-state index in [1.54, 1.807) is 0 Å². The van der Waals surface area contributed by atoms with Gasteiger partial charge in [0.15, 0.2) is 6.26 Å². The molecule has 0 aliphatic carbocycles. The molecule has 2 rings (SSSR count). The molecule has 17 heavy (non-hydrogen) atoms. The lowest BCUT2D eigenvalue weighted by atomic mass is 10.1. The van der Waals surface area contributed by atoms with Crippen LogP contribution in [0.15, 0.2) is 29.6 Å².